The normalized spacial score (nSPS) is 38.9. The van der Waals surface area contributed by atoms with Crippen molar-refractivity contribution in [1.82, 2.24) is 0 Å². The van der Waals surface area contributed by atoms with Gasteiger partial charge in [0.2, 0.25) is 5.91 Å². The van der Waals surface area contributed by atoms with Crippen molar-refractivity contribution in [3.8, 4) is 11.5 Å². The summed E-state index contributed by atoms with van der Waals surface area (Å²) < 4.78 is 11.4. The van der Waals surface area contributed by atoms with E-state index in [-0.39, 0.29) is 15.6 Å². The third-order valence-corrected chi connectivity index (χ3v) is 7.20. The summed E-state index contributed by atoms with van der Waals surface area (Å²) in [5.41, 5.74) is 0.615. The molecule has 0 saturated heterocycles. The van der Waals surface area contributed by atoms with Gasteiger partial charge >= 0.3 is 0 Å². The highest BCUT2D eigenvalue weighted by molar-refractivity contribution is 9.10. The maximum absolute atomic E-state index is 13.2. The molecule has 128 valence electrons. The first-order chi connectivity index (χ1) is 11.5. The molecule has 1 N–H and O–H groups in total. The topological polar surface area (TPSA) is 47.6 Å². The van der Waals surface area contributed by atoms with Crippen LogP contribution in [0.4, 0.5) is 5.69 Å². The lowest BCUT2D eigenvalue weighted by atomic mass is 9.49. The Morgan fingerprint density at radius 2 is 1.79 bits per heavy atom. The van der Waals surface area contributed by atoms with Crippen molar-refractivity contribution < 1.29 is 14.3 Å². The van der Waals surface area contributed by atoms with Crippen LogP contribution in [0, 0.1) is 17.3 Å². The Balaban J connectivity index is 1.39. The predicted molar refractivity (Wildman–Crippen MR) is 94.8 cm³/mol. The molecule has 24 heavy (non-hydrogen) atoms. The quantitative estimate of drug-likeness (QED) is 0.770. The van der Waals surface area contributed by atoms with E-state index >= 15 is 0 Å². The maximum Gasteiger partial charge on any atom is 0.230 e. The maximum atomic E-state index is 13.2. The third-order valence-electron chi connectivity index (χ3n) is 6.27. The van der Waals surface area contributed by atoms with E-state index in [1.54, 1.807) is 0 Å². The highest BCUT2D eigenvalue weighted by Crippen LogP contribution is 2.64. The predicted octanol–water partition coefficient (Wildman–Crippen LogP) is 4.13. The fourth-order valence-corrected chi connectivity index (χ4v) is 7.25. The molecule has 4 atom stereocenters. The monoisotopic (exact) mass is 391 g/mol. The fourth-order valence-electron chi connectivity index (χ4n) is 5.80. The average molecular weight is 392 g/mol. The first kappa shape index (κ1) is 15.1. The Morgan fingerprint density at radius 1 is 1.08 bits per heavy atom. The summed E-state index contributed by atoms with van der Waals surface area (Å²) >= 11 is 3.98. The Hall–Kier alpha value is -1.23. The number of carbonyl (C=O) groups excluding carboxylic acids is 1. The van der Waals surface area contributed by atoms with Crippen LogP contribution in [0.5, 0.6) is 11.5 Å². The standard InChI is InChI=1S/C19H22BrNO3/c20-19-9-12-5-13(10-19)8-18(7-12,11-19)17(22)21-14-1-2-15-16(6-14)24-4-3-23-15/h1-2,6,12-13H,3-5,7-11H2,(H,21,22)/t12-,13+,18?,19?. The zero-order valence-corrected chi connectivity index (χ0v) is 15.2. The van der Waals surface area contributed by atoms with Gasteiger partial charge in [0.15, 0.2) is 11.5 Å². The third kappa shape index (κ3) is 2.35. The molecule has 4 fully saturated rings. The van der Waals surface area contributed by atoms with Gasteiger partial charge in [0.1, 0.15) is 13.2 Å². The molecule has 1 heterocycles. The molecule has 5 heteroatoms. The van der Waals surface area contributed by atoms with Gasteiger partial charge in [0.05, 0.1) is 5.41 Å². The SMILES string of the molecule is O=C(Nc1ccc2c(c1)OCCO2)C12C[C@@H]3C[C@@H](CC(Br)(C3)C1)C2. The minimum atomic E-state index is -0.194. The fraction of sp³-hybridized carbons (Fsp3) is 0.632. The Morgan fingerprint density at radius 3 is 2.50 bits per heavy atom. The molecule has 0 aromatic heterocycles. The summed E-state index contributed by atoms with van der Waals surface area (Å²) in [4.78, 5) is 13.2. The highest BCUT2D eigenvalue weighted by Gasteiger charge is 2.59. The number of nitrogens with one attached hydrogen (secondary N) is 1. The summed E-state index contributed by atoms with van der Waals surface area (Å²) in [7, 11) is 0. The molecule has 0 radical (unpaired) electrons. The van der Waals surface area contributed by atoms with E-state index in [1.807, 2.05) is 18.2 Å². The van der Waals surface area contributed by atoms with Crippen LogP contribution in [-0.2, 0) is 4.79 Å². The molecular formula is C19H22BrNO3. The minimum absolute atomic E-state index is 0.192. The minimum Gasteiger partial charge on any atom is -0.486 e. The molecule has 1 aromatic carbocycles. The van der Waals surface area contributed by atoms with Crippen molar-refractivity contribution in [2.75, 3.05) is 18.5 Å². The van der Waals surface area contributed by atoms with Gasteiger partial charge in [-0.1, -0.05) is 15.9 Å². The van der Waals surface area contributed by atoms with Gasteiger partial charge < -0.3 is 14.8 Å². The Kier molecular flexibility index (Phi) is 3.22. The molecule has 4 saturated carbocycles. The van der Waals surface area contributed by atoms with Gasteiger partial charge in [-0.25, -0.2) is 0 Å². The molecule has 6 rings (SSSR count). The number of anilines is 1. The van der Waals surface area contributed by atoms with E-state index < -0.39 is 0 Å². The van der Waals surface area contributed by atoms with Crippen molar-refractivity contribution >= 4 is 27.5 Å². The Bertz CT molecular complexity index is 690. The zero-order valence-electron chi connectivity index (χ0n) is 13.6. The van der Waals surface area contributed by atoms with E-state index in [1.165, 1.54) is 19.3 Å². The summed E-state index contributed by atoms with van der Waals surface area (Å²) in [5, 5.41) is 3.17. The molecule has 4 nitrogen and oxygen atoms in total. The lowest BCUT2D eigenvalue weighted by molar-refractivity contribution is -0.138. The first-order valence-electron chi connectivity index (χ1n) is 8.94. The van der Waals surface area contributed by atoms with Crippen molar-refractivity contribution in [2.24, 2.45) is 17.3 Å². The van der Waals surface area contributed by atoms with Crippen LogP contribution in [-0.4, -0.2) is 23.4 Å². The number of amides is 1. The van der Waals surface area contributed by atoms with Gasteiger partial charge in [0.25, 0.3) is 0 Å². The van der Waals surface area contributed by atoms with E-state index in [2.05, 4.69) is 21.2 Å². The average Bonchev–Trinajstić information content (AvgIpc) is 2.52. The lowest BCUT2D eigenvalue weighted by Crippen LogP contribution is -2.57. The van der Waals surface area contributed by atoms with E-state index in [0.29, 0.717) is 25.0 Å². The van der Waals surface area contributed by atoms with Gasteiger partial charge in [-0.2, -0.15) is 0 Å². The van der Waals surface area contributed by atoms with Gasteiger partial charge in [-0.3, -0.25) is 4.79 Å². The molecule has 1 aromatic rings. The number of fused-ring (bicyclic) bond motifs is 1. The summed E-state index contributed by atoms with van der Waals surface area (Å²) in [6.45, 7) is 1.14. The second-order valence-corrected chi connectivity index (χ2v) is 9.89. The van der Waals surface area contributed by atoms with Crippen molar-refractivity contribution in [3.63, 3.8) is 0 Å². The van der Waals surface area contributed by atoms with Crippen molar-refractivity contribution in [1.29, 1.82) is 0 Å². The number of ether oxygens (including phenoxy) is 2. The number of hydrogen-bond donors (Lipinski definition) is 1. The largest absolute Gasteiger partial charge is 0.486 e. The van der Waals surface area contributed by atoms with Crippen LogP contribution in [0.1, 0.15) is 38.5 Å². The van der Waals surface area contributed by atoms with Crippen LogP contribution in [0.15, 0.2) is 18.2 Å². The molecule has 1 aliphatic heterocycles. The van der Waals surface area contributed by atoms with Crippen molar-refractivity contribution in [3.05, 3.63) is 18.2 Å². The number of hydrogen-bond acceptors (Lipinski definition) is 3. The second kappa shape index (κ2) is 5.13. The van der Waals surface area contributed by atoms with Crippen LogP contribution in [0.25, 0.3) is 0 Å². The number of benzene rings is 1. The van der Waals surface area contributed by atoms with Gasteiger partial charge in [-0.05, 0) is 62.5 Å². The number of alkyl halides is 1. The summed E-state index contributed by atoms with van der Waals surface area (Å²) in [5.74, 6) is 3.08. The summed E-state index contributed by atoms with van der Waals surface area (Å²) in [6.07, 6.45) is 6.86. The molecule has 1 amide bonds. The number of carbonyl (C=O) groups is 1. The molecular weight excluding hydrogens is 370 g/mol. The highest BCUT2D eigenvalue weighted by atomic mass is 79.9. The van der Waals surface area contributed by atoms with Crippen LogP contribution in [0.2, 0.25) is 0 Å². The van der Waals surface area contributed by atoms with Gasteiger partial charge in [-0.15, -0.1) is 0 Å². The zero-order chi connectivity index (χ0) is 16.4. The van der Waals surface area contributed by atoms with Crippen molar-refractivity contribution in [2.45, 2.75) is 42.8 Å². The van der Waals surface area contributed by atoms with Crippen LogP contribution >= 0.6 is 15.9 Å². The Labute approximate surface area is 150 Å². The molecule has 4 aliphatic carbocycles. The van der Waals surface area contributed by atoms with E-state index in [9.17, 15) is 4.79 Å². The molecule has 5 aliphatic rings. The first-order valence-corrected chi connectivity index (χ1v) is 9.73. The number of halogens is 1. The lowest BCUT2D eigenvalue weighted by Gasteiger charge is -2.59. The molecule has 2 unspecified atom stereocenters. The number of rotatable bonds is 2. The second-order valence-electron chi connectivity index (χ2n) is 8.20. The van der Waals surface area contributed by atoms with E-state index in [4.69, 9.17) is 9.47 Å². The molecule has 4 bridgehead atoms. The van der Waals surface area contributed by atoms with Crippen LogP contribution < -0.4 is 14.8 Å². The van der Waals surface area contributed by atoms with Gasteiger partial charge in [0, 0.05) is 16.1 Å². The van der Waals surface area contributed by atoms with Crippen LogP contribution in [0.3, 0.4) is 0 Å². The summed E-state index contributed by atoms with van der Waals surface area (Å²) in [6, 6.07) is 5.68. The van der Waals surface area contributed by atoms with E-state index in [0.717, 1.165) is 36.4 Å². The smallest absolute Gasteiger partial charge is 0.230 e. The molecule has 0 spiro atoms.